The minimum absolute atomic E-state index is 0.603. The zero-order valence-corrected chi connectivity index (χ0v) is 11.2. The van der Waals surface area contributed by atoms with Gasteiger partial charge in [-0.3, -0.25) is 0 Å². The molecule has 0 aromatic carbocycles. The van der Waals surface area contributed by atoms with Crippen molar-refractivity contribution in [3.05, 3.63) is 29.3 Å². The maximum Gasteiger partial charge on any atom is 0.171 e. The smallest absolute Gasteiger partial charge is 0.171 e. The van der Waals surface area contributed by atoms with E-state index >= 15 is 0 Å². The van der Waals surface area contributed by atoms with Gasteiger partial charge in [-0.15, -0.1) is 11.3 Å². The lowest BCUT2D eigenvalue weighted by atomic mass is 10.1. The molecule has 4 heteroatoms. The number of nitrogens with one attached hydrogen (secondary N) is 1. The molecule has 0 fully saturated rings. The highest BCUT2D eigenvalue weighted by atomic mass is 32.1. The van der Waals surface area contributed by atoms with Crippen LogP contribution in [-0.4, -0.2) is 17.0 Å². The van der Waals surface area contributed by atoms with Gasteiger partial charge in [0.1, 0.15) is 5.82 Å². The Morgan fingerprint density at radius 2 is 2.18 bits per heavy atom. The molecule has 0 saturated carbocycles. The van der Waals surface area contributed by atoms with Crippen molar-refractivity contribution in [2.24, 2.45) is 5.92 Å². The largest absolute Gasteiger partial charge is 0.373 e. The summed E-state index contributed by atoms with van der Waals surface area (Å²) < 4.78 is 0. The van der Waals surface area contributed by atoms with Crippen LogP contribution in [0.2, 0.25) is 0 Å². The van der Waals surface area contributed by atoms with Crippen LogP contribution in [0.15, 0.2) is 23.6 Å². The van der Waals surface area contributed by atoms with E-state index in [-0.39, 0.29) is 0 Å². The normalized spacial score (nSPS) is 10.8. The van der Waals surface area contributed by atoms with Gasteiger partial charge < -0.3 is 5.32 Å². The molecule has 2 aromatic heterocycles. The predicted molar refractivity (Wildman–Crippen MR) is 73.4 cm³/mol. The first kappa shape index (κ1) is 12.0. The third-order valence-electron chi connectivity index (χ3n) is 2.39. The number of aromatic nitrogens is 2. The first-order valence-corrected chi connectivity index (χ1v) is 6.66. The zero-order chi connectivity index (χ0) is 12.3. The molecule has 17 heavy (non-hydrogen) atoms. The van der Waals surface area contributed by atoms with Gasteiger partial charge in [0, 0.05) is 18.8 Å². The van der Waals surface area contributed by atoms with E-state index < -0.39 is 0 Å². The van der Waals surface area contributed by atoms with E-state index in [1.807, 2.05) is 24.6 Å². The van der Waals surface area contributed by atoms with E-state index in [1.54, 1.807) is 11.3 Å². The van der Waals surface area contributed by atoms with Crippen molar-refractivity contribution in [3.63, 3.8) is 0 Å². The van der Waals surface area contributed by atoms with Gasteiger partial charge in [-0.25, -0.2) is 9.97 Å². The molecule has 0 bridgehead atoms. The number of thiophene rings is 1. The Morgan fingerprint density at radius 1 is 1.35 bits per heavy atom. The van der Waals surface area contributed by atoms with Crippen LogP contribution in [0.1, 0.15) is 19.5 Å². The molecule has 0 unspecified atom stereocenters. The van der Waals surface area contributed by atoms with E-state index in [0.717, 1.165) is 28.6 Å². The fourth-order valence-electron chi connectivity index (χ4n) is 1.66. The SMILES string of the molecule is CNc1cc(CC(C)C)nc(-c2cccs2)n1. The molecule has 0 saturated heterocycles. The fraction of sp³-hybridized carbons (Fsp3) is 0.385. The number of hydrogen-bond donors (Lipinski definition) is 1. The molecule has 2 aromatic rings. The summed E-state index contributed by atoms with van der Waals surface area (Å²) in [5.41, 5.74) is 1.10. The summed E-state index contributed by atoms with van der Waals surface area (Å²) in [7, 11) is 1.89. The molecular formula is C13H17N3S. The van der Waals surface area contributed by atoms with Gasteiger partial charge in [0.25, 0.3) is 0 Å². The molecule has 0 aliphatic rings. The summed E-state index contributed by atoms with van der Waals surface area (Å²) in [5.74, 6) is 2.31. The summed E-state index contributed by atoms with van der Waals surface area (Å²) in [6.07, 6.45) is 0.982. The van der Waals surface area contributed by atoms with E-state index in [1.165, 1.54) is 0 Å². The summed E-state index contributed by atoms with van der Waals surface area (Å²) >= 11 is 1.67. The molecule has 0 aliphatic heterocycles. The summed E-state index contributed by atoms with van der Waals surface area (Å²) in [5, 5.41) is 5.14. The second-order valence-corrected chi connectivity index (χ2v) is 5.34. The average molecular weight is 247 g/mol. The third kappa shape index (κ3) is 3.03. The van der Waals surface area contributed by atoms with Crippen molar-refractivity contribution in [1.82, 2.24) is 9.97 Å². The Balaban J connectivity index is 2.38. The number of rotatable bonds is 4. The predicted octanol–water partition coefficient (Wildman–Crippen LogP) is 3.45. The Kier molecular flexibility index (Phi) is 3.74. The van der Waals surface area contributed by atoms with E-state index in [9.17, 15) is 0 Å². The van der Waals surface area contributed by atoms with Gasteiger partial charge in [-0.05, 0) is 23.8 Å². The quantitative estimate of drug-likeness (QED) is 0.899. The van der Waals surface area contributed by atoms with Crippen LogP contribution in [0.25, 0.3) is 10.7 Å². The second-order valence-electron chi connectivity index (χ2n) is 4.39. The highest BCUT2D eigenvalue weighted by Crippen LogP contribution is 2.23. The maximum absolute atomic E-state index is 4.62. The summed E-state index contributed by atoms with van der Waals surface area (Å²) in [6, 6.07) is 6.10. The summed E-state index contributed by atoms with van der Waals surface area (Å²) in [6.45, 7) is 4.40. The first-order valence-electron chi connectivity index (χ1n) is 5.78. The minimum Gasteiger partial charge on any atom is -0.373 e. The van der Waals surface area contributed by atoms with E-state index in [2.05, 4.69) is 35.2 Å². The number of anilines is 1. The van der Waals surface area contributed by atoms with Gasteiger partial charge in [-0.2, -0.15) is 0 Å². The highest BCUT2D eigenvalue weighted by molar-refractivity contribution is 7.13. The van der Waals surface area contributed by atoms with Crippen molar-refractivity contribution in [2.75, 3.05) is 12.4 Å². The van der Waals surface area contributed by atoms with Crippen LogP contribution >= 0.6 is 11.3 Å². The van der Waals surface area contributed by atoms with Crippen molar-refractivity contribution in [2.45, 2.75) is 20.3 Å². The van der Waals surface area contributed by atoms with Crippen molar-refractivity contribution >= 4 is 17.2 Å². The third-order valence-corrected chi connectivity index (χ3v) is 3.26. The van der Waals surface area contributed by atoms with Crippen molar-refractivity contribution in [1.29, 1.82) is 0 Å². The Labute approximate surface area is 106 Å². The average Bonchev–Trinajstić information content (AvgIpc) is 2.81. The lowest BCUT2D eigenvalue weighted by molar-refractivity contribution is 0.635. The van der Waals surface area contributed by atoms with Gasteiger partial charge in [0.2, 0.25) is 0 Å². The maximum atomic E-state index is 4.62. The Hall–Kier alpha value is -1.42. The van der Waals surface area contributed by atoms with Crippen LogP contribution in [0, 0.1) is 5.92 Å². The molecule has 0 radical (unpaired) electrons. The van der Waals surface area contributed by atoms with Gasteiger partial charge >= 0.3 is 0 Å². The Morgan fingerprint density at radius 3 is 2.76 bits per heavy atom. The summed E-state index contributed by atoms with van der Waals surface area (Å²) in [4.78, 5) is 10.2. The molecule has 0 atom stereocenters. The second kappa shape index (κ2) is 5.27. The van der Waals surface area contributed by atoms with Crippen molar-refractivity contribution < 1.29 is 0 Å². The standard InChI is InChI=1S/C13H17N3S/c1-9(2)7-10-8-12(14-3)16-13(15-10)11-5-4-6-17-11/h4-6,8-9H,7H2,1-3H3,(H,14,15,16). The minimum atomic E-state index is 0.603. The molecule has 1 N–H and O–H groups in total. The topological polar surface area (TPSA) is 37.8 Å². The van der Waals surface area contributed by atoms with Gasteiger partial charge in [-0.1, -0.05) is 19.9 Å². The van der Waals surface area contributed by atoms with E-state index in [0.29, 0.717) is 5.92 Å². The molecule has 0 amide bonds. The molecule has 0 spiro atoms. The number of nitrogens with zero attached hydrogens (tertiary/aromatic N) is 2. The van der Waals surface area contributed by atoms with E-state index in [4.69, 9.17) is 0 Å². The van der Waals surface area contributed by atoms with Crippen LogP contribution < -0.4 is 5.32 Å². The highest BCUT2D eigenvalue weighted by Gasteiger charge is 2.08. The lowest BCUT2D eigenvalue weighted by Crippen LogP contribution is -2.03. The lowest BCUT2D eigenvalue weighted by Gasteiger charge is -2.08. The molecule has 0 aliphatic carbocycles. The van der Waals surface area contributed by atoms with Gasteiger partial charge in [0.15, 0.2) is 5.82 Å². The number of hydrogen-bond acceptors (Lipinski definition) is 4. The Bertz CT molecular complexity index is 477. The van der Waals surface area contributed by atoms with Crippen LogP contribution in [0.5, 0.6) is 0 Å². The molecule has 2 rings (SSSR count). The van der Waals surface area contributed by atoms with Crippen LogP contribution in [-0.2, 0) is 6.42 Å². The zero-order valence-electron chi connectivity index (χ0n) is 10.4. The molecule has 90 valence electrons. The fourth-order valence-corrected chi connectivity index (χ4v) is 2.32. The van der Waals surface area contributed by atoms with Gasteiger partial charge in [0.05, 0.1) is 4.88 Å². The van der Waals surface area contributed by atoms with Crippen molar-refractivity contribution in [3.8, 4) is 10.7 Å². The molecule has 3 nitrogen and oxygen atoms in total. The van der Waals surface area contributed by atoms with Crippen LogP contribution in [0.3, 0.4) is 0 Å². The monoisotopic (exact) mass is 247 g/mol. The first-order chi connectivity index (χ1) is 8.19. The van der Waals surface area contributed by atoms with Crippen LogP contribution in [0.4, 0.5) is 5.82 Å². The molecular weight excluding hydrogens is 230 g/mol. The molecule has 2 heterocycles.